The molecule has 1 heterocycles. The minimum absolute atomic E-state index is 0.114. The van der Waals surface area contributed by atoms with Gasteiger partial charge in [0, 0.05) is 12.1 Å². The third kappa shape index (κ3) is 1.91. The smallest absolute Gasteiger partial charge is 0.219 e. The summed E-state index contributed by atoms with van der Waals surface area (Å²) in [6.07, 6.45) is 3.54. The van der Waals surface area contributed by atoms with E-state index in [0.29, 0.717) is 0 Å². The van der Waals surface area contributed by atoms with Gasteiger partial charge < -0.3 is 0 Å². The Kier molecular flexibility index (Phi) is 2.27. The van der Waals surface area contributed by atoms with Gasteiger partial charge in [-0.2, -0.15) is 0 Å². The van der Waals surface area contributed by atoms with Gasteiger partial charge in [0.25, 0.3) is 0 Å². The van der Waals surface area contributed by atoms with Crippen LogP contribution in [0.5, 0.6) is 0 Å². The lowest BCUT2D eigenvalue weighted by molar-refractivity contribution is -0.579. The first-order valence-electron chi connectivity index (χ1n) is 4.03. The van der Waals surface area contributed by atoms with Crippen LogP contribution in [0.4, 0.5) is 0 Å². The molecule has 64 valence electrons. The van der Waals surface area contributed by atoms with Crippen molar-refractivity contribution in [2.45, 2.75) is 20.8 Å². The Balaban J connectivity index is 2.94. The van der Waals surface area contributed by atoms with E-state index in [-0.39, 0.29) is 11.3 Å². The van der Waals surface area contributed by atoms with Crippen LogP contribution >= 0.6 is 0 Å². The van der Waals surface area contributed by atoms with Crippen LogP contribution in [0.3, 0.4) is 0 Å². The number of pyridine rings is 1. The maximum absolute atomic E-state index is 11.6. The summed E-state index contributed by atoms with van der Waals surface area (Å²) < 4.78 is 1.61. The number of hydrogen-bond donors (Lipinski definition) is 0. The van der Waals surface area contributed by atoms with Crippen molar-refractivity contribution < 1.29 is 9.36 Å². The SMILES string of the molecule is CC(C)(C)C(=O)[n+]1ccccc1. The molecule has 12 heavy (non-hydrogen) atoms. The van der Waals surface area contributed by atoms with Crippen molar-refractivity contribution in [1.82, 2.24) is 0 Å². The molecule has 0 atom stereocenters. The standard InChI is InChI=1S/C10H14NO/c1-10(2,3)9(12)11-7-5-4-6-8-11/h4-8H,1-3H3/q+1. The van der Waals surface area contributed by atoms with E-state index in [2.05, 4.69) is 0 Å². The number of aromatic nitrogens is 1. The van der Waals surface area contributed by atoms with Gasteiger partial charge in [-0.1, -0.05) is 6.07 Å². The molecular formula is C10H14NO+. The van der Waals surface area contributed by atoms with Gasteiger partial charge in [0.15, 0.2) is 12.4 Å². The Labute approximate surface area is 72.8 Å². The van der Waals surface area contributed by atoms with Crippen LogP contribution in [0.1, 0.15) is 25.6 Å². The highest BCUT2D eigenvalue weighted by molar-refractivity contribution is 5.72. The molecule has 1 rings (SSSR count). The third-order valence-electron chi connectivity index (χ3n) is 1.59. The number of hydrogen-bond acceptors (Lipinski definition) is 1. The van der Waals surface area contributed by atoms with Crippen LogP contribution < -0.4 is 4.57 Å². The van der Waals surface area contributed by atoms with Crippen LogP contribution in [0.25, 0.3) is 0 Å². The second-order valence-electron chi connectivity index (χ2n) is 3.84. The maximum Gasteiger partial charge on any atom is 0.397 e. The molecule has 2 heteroatoms. The average molecular weight is 164 g/mol. The van der Waals surface area contributed by atoms with E-state index in [1.54, 1.807) is 17.0 Å². The minimum atomic E-state index is -0.313. The molecular weight excluding hydrogens is 150 g/mol. The van der Waals surface area contributed by atoms with E-state index in [1.165, 1.54) is 0 Å². The van der Waals surface area contributed by atoms with E-state index in [9.17, 15) is 4.79 Å². The Morgan fingerprint density at radius 2 is 1.58 bits per heavy atom. The first-order valence-corrected chi connectivity index (χ1v) is 4.03. The molecule has 1 aromatic rings. The molecule has 0 aliphatic carbocycles. The van der Waals surface area contributed by atoms with Crippen LogP contribution in [-0.4, -0.2) is 5.91 Å². The number of carbonyl (C=O) groups is 1. The van der Waals surface area contributed by atoms with E-state index in [0.717, 1.165) is 0 Å². The Morgan fingerprint density at radius 3 is 2.00 bits per heavy atom. The van der Waals surface area contributed by atoms with Crippen molar-refractivity contribution in [3.63, 3.8) is 0 Å². The van der Waals surface area contributed by atoms with Gasteiger partial charge in [-0.3, -0.25) is 0 Å². The lowest BCUT2D eigenvalue weighted by atomic mass is 9.95. The summed E-state index contributed by atoms with van der Waals surface area (Å²) in [5.41, 5.74) is -0.313. The molecule has 0 amide bonds. The molecule has 0 unspecified atom stereocenters. The van der Waals surface area contributed by atoms with Gasteiger partial charge in [0.1, 0.15) is 0 Å². The Morgan fingerprint density at radius 1 is 1.08 bits per heavy atom. The van der Waals surface area contributed by atoms with Gasteiger partial charge in [-0.25, -0.2) is 4.79 Å². The van der Waals surface area contributed by atoms with Crippen LogP contribution in [0.15, 0.2) is 30.6 Å². The second-order valence-corrected chi connectivity index (χ2v) is 3.84. The molecule has 0 fully saturated rings. The van der Waals surface area contributed by atoms with Gasteiger partial charge >= 0.3 is 5.91 Å². The zero-order valence-electron chi connectivity index (χ0n) is 7.74. The summed E-state index contributed by atoms with van der Waals surface area (Å²) in [6, 6.07) is 5.60. The normalized spacial score (nSPS) is 11.2. The first kappa shape index (κ1) is 8.91. The summed E-state index contributed by atoms with van der Waals surface area (Å²) in [5.74, 6) is 0.114. The maximum atomic E-state index is 11.6. The number of carbonyl (C=O) groups excluding carboxylic acids is 1. The molecule has 0 saturated heterocycles. The quantitative estimate of drug-likeness (QED) is 0.534. The van der Waals surface area contributed by atoms with Crippen LogP contribution in [0, 0.1) is 5.41 Å². The summed E-state index contributed by atoms with van der Waals surface area (Å²) >= 11 is 0. The highest BCUT2D eigenvalue weighted by Gasteiger charge is 2.30. The van der Waals surface area contributed by atoms with Gasteiger partial charge in [0.05, 0.1) is 5.41 Å². The molecule has 0 spiro atoms. The van der Waals surface area contributed by atoms with Crippen molar-refractivity contribution in [3.05, 3.63) is 30.6 Å². The van der Waals surface area contributed by atoms with Crippen molar-refractivity contribution >= 4 is 5.91 Å². The molecule has 0 aliphatic heterocycles. The number of nitrogens with zero attached hydrogens (tertiary/aromatic N) is 1. The fourth-order valence-corrected chi connectivity index (χ4v) is 0.921. The van der Waals surface area contributed by atoms with Gasteiger partial charge in [-0.15, -0.1) is 4.57 Å². The topological polar surface area (TPSA) is 20.9 Å². The molecule has 0 aliphatic rings. The zero-order valence-corrected chi connectivity index (χ0v) is 7.74. The van der Waals surface area contributed by atoms with Crippen molar-refractivity contribution in [3.8, 4) is 0 Å². The van der Waals surface area contributed by atoms with Gasteiger partial charge in [0.2, 0.25) is 0 Å². The lowest BCUT2D eigenvalue weighted by Crippen LogP contribution is -2.48. The second kappa shape index (κ2) is 3.05. The molecule has 0 radical (unpaired) electrons. The monoisotopic (exact) mass is 164 g/mol. The van der Waals surface area contributed by atoms with E-state index in [1.807, 2.05) is 39.0 Å². The molecule has 0 bridgehead atoms. The molecule has 2 nitrogen and oxygen atoms in total. The first-order chi connectivity index (χ1) is 5.52. The van der Waals surface area contributed by atoms with Crippen molar-refractivity contribution in [1.29, 1.82) is 0 Å². The number of rotatable bonds is 0. The zero-order chi connectivity index (χ0) is 9.19. The van der Waals surface area contributed by atoms with Crippen molar-refractivity contribution in [2.75, 3.05) is 0 Å². The van der Waals surface area contributed by atoms with Crippen LogP contribution in [-0.2, 0) is 0 Å². The highest BCUT2D eigenvalue weighted by atomic mass is 16.2. The Bertz CT molecular complexity index is 272. The summed E-state index contributed by atoms with van der Waals surface area (Å²) in [6.45, 7) is 5.74. The largest absolute Gasteiger partial charge is 0.397 e. The fraction of sp³-hybridized carbons (Fsp3) is 0.400. The predicted molar refractivity (Wildman–Crippen MR) is 46.7 cm³/mol. The summed E-state index contributed by atoms with van der Waals surface area (Å²) in [4.78, 5) is 11.6. The molecule has 1 aromatic heterocycles. The lowest BCUT2D eigenvalue weighted by Gasteiger charge is -2.09. The summed E-state index contributed by atoms with van der Waals surface area (Å²) in [5, 5.41) is 0. The van der Waals surface area contributed by atoms with E-state index in [4.69, 9.17) is 0 Å². The van der Waals surface area contributed by atoms with Crippen LogP contribution in [0.2, 0.25) is 0 Å². The average Bonchev–Trinajstić information content (AvgIpc) is 2.03. The minimum Gasteiger partial charge on any atom is -0.219 e. The fourth-order valence-electron chi connectivity index (χ4n) is 0.921. The molecule has 0 saturated carbocycles. The summed E-state index contributed by atoms with van der Waals surface area (Å²) in [7, 11) is 0. The van der Waals surface area contributed by atoms with E-state index >= 15 is 0 Å². The molecule has 0 aromatic carbocycles. The van der Waals surface area contributed by atoms with Crippen molar-refractivity contribution in [2.24, 2.45) is 5.41 Å². The van der Waals surface area contributed by atoms with E-state index < -0.39 is 0 Å². The highest BCUT2D eigenvalue weighted by Crippen LogP contribution is 2.12. The Hall–Kier alpha value is -1.18. The predicted octanol–water partition coefficient (Wildman–Crippen LogP) is 1.66. The molecule has 0 N–H and O–H groups in total. The van der Waals surface area contributed by atoms with Gasteiger partial charge in [-0.05, 0) is 20.8 Å². The third-order valence-corrected chi connectivity index (χ3v) is 1.59.